The molecular formula is C18H20Br2N2O. The fraction of sp³-hybridized carbons (Fsp3) is 0.333. The summed E-state index contributed by atoms with van der Waals surface area (Å²) in [5.41, 5.74) is 4.59. The summed E-state index contributed by atoms with van der Waals surface area (Å²) in [6.45, 7) is 6.60. The van der Waals surface area contributed by atoms with Crippen molar-refractivity contribution in [3.8, 4) is 0 Å². The highest BCUT2D eigenvalue weighted by Crippen LogP contribution is 2.16. The van der Waals surface area contributed by atoms with Crippen molar-refractivity contribution < 1.29 is 26.4 Å². The van der Waals surface area contributed by atoms with Gasteiger partial charge in [-0.2, -0.15) is 0 Å². The van der Waals surface area contributed by atoms with Gasteiger partial charge in [0.05, 0.1) is 6.54 Å². The van der Waals surface area contributed by atoms with E-state index in [1.807, 2.05) is 24.3 Å². The number of hydrogen-bond acceptors (Lipinski definition) is 1. The zero-order valence-electron chi connectivity index (χ0n) is 13.4. The monoisotopic (exact) mass is 438 g/mol. The Labute approximate surface area is 155 Å². The van der Waals surface area contributed by atoms with Crippen LogP contribution in [0.25, 0.3) is 0 Å². The van der Waals surface area contributed by atoms with Gasteiger partial charge in [-0.05, 0) is 31.2 Å². The average molecular weight is 440 g/mol. The van der Waals surface area contributed by atoms with E-state index in [0.717, 1.165) is 29.5 Å². The Balaban J connectivity index is 0.00000192. The summed E-state index contributed by atoms with van der Waals surface area (Å²) in [6.07, 6.45) is 0.942. The van der Waals surface area contributed by atoms with E-state index in [1.165, 1.54) is 17.1 Å². The summed E-state index contributed by atoms with van der Waals surface area (Å²) in [6, 6.07) is 11.9. The lowest BCUT2D eigenvalue weighted by Gasteiger charge is -2.18. The van der Waals surface area contributed by atoms with Crippen LogP contribution in [0, 0.1) is 6.92 Å². The van der Waals surface area contributed by atoms with E-state index < -0.39 is 0 Å². The van der Waals surface area contributed by atoms with Crippen LogP contribution in [0.15, 0.2) is 40.9 Å². The maximum absolute atomic E-state index is 12.5. The van der Waals surface area contributed by atoms with E-state index >= 15 is 0 Å². The summed E-state index contributed by atoms with van der Waals surface area (Å²) >= 11 is 3.41. The Morgan fingerprint density at radius 1 is 1.22 bits per heavy atom. The van der Waals surface area contributed by atoms with Crippen LogP contribution in [0.4, 0.5) is 0 Å². The third-order valence-electron chi connectivity index (χ3n) is 4.31. The molecule has 0 amide bonds. The second-order valence-corrected chi connectivity index (χ2v) is 6.58. The van der Waals surface area contributed by atoms with Crippen LogP contribution in [-0.2, 0) is 6.54 Å². The highest BCUT2D eigenvalue weighted by atomic mass is 79.9. The van der Waals surface area contributed by atoms with Gasteiger partial charge in [0.15, 0.2) is 12.3 Å². The molecule has 0 unspecified atom stereocenters. The first-order chi connectivity index (χ1) is 10.6. The lowest BCUT2D eigenvalue weighted by Crippen LogP contribution is -3.00. The quantitative estimate of drug-likeness (QED) is 0.507. The minimum atomic E-state index is 0. The van der Waals surface area contributed by atoms with E-state index in [2.05, 4.69) is 51.1 Å². The fourth-order valence-corrected chi connectivity index (χ4v) is 3.38. The molecule has 0 radical (unpaired) electrons. The Morgan fingerprint density at radius 3 is 2.57 bits per heavy atom. The maximum atomic E-state index is 12.5. The Bertz CT molecular complexity index is 745. The molecular weight excluding hydrogens is 420 g/mol. The van der Waals surface area contributed by atoms with E-state index in [9.17, 15) is 4.79 Å². The van der Waals surface area contributed by atoms with E-state index in [4.69, 9.17) is 0 Å². The third kappa shape index (κ3) is 3.66. The van der Waals surface area contributed by atoms with Gasteiger partial charge in [0.1, 0.15) is 5.69 Å². The summed E-state index contributed by atoms with van der Waals surface area (Å²) < 4.78 is 5.58. The van der Waals surface area contributed by atoms with Crippen LogP contribution in [-0.4, -0.2) is 33.7 Å². The molecule has 0 spiro atoms. The number of fused-ring (bicyclic) bond motifs is 1. The van der Waals surface area contributed by atoms with E-state index in [0.29, 0.717) is 6.54 Å². The van der Waals surface area contributed by atoms with Crippen molar-refractivity contribution in [2.45, 2.75) is 26.8 Å². The summed E-state index contributed by atoms with van der Waals surface area (Å²) in [5.74, 6) is 0.176. The predicted molar refractivity (Wildman–Crippen MR) is 92.0 cm³/mol. The van der Waals surface area contributed by atoms with Gasteiger partial charge in [-0.3, -0.25) is 4.79 Å². The number of aromatic nitrogens is 1. The molecule has 0 saturated carbocycles. The minimum absolute atomic E-state index is 0. The number of rotatable bonds is 4. The van der Waals surface area contributed by atoms with Gasteiger partial charge < -0.3 is 21.5 Å². The minimum Gasteiger partial charge on any atom is -1.00 e. The molecule has 5 heteroatoms. The molecule has 1 aromatic heterocycles. The van der Waals surface area contributed by atoms with E-state index in [1.54, 1.807) is 0 Å². The molecule has 2 aromatic rings. The summed E-state index contributed by atoms with van der Waals surface area (Å²) in [4.78, 5) is 12.5. The van der Waals surface area contributed by atoms with Crippen molar-refractivity contribution in [3.05, 3.63) is 57.8 Å². The first-order valence-corrected chi connectivity index (χ1v) is 8.45. The fourth-order valence-electron chi connectivity index (χ4n) is 3.12. The first kappa shape index (κ1) is 18.1. The number of aryl methyl sites for hydroxylation is 1. The predicted octanol–water partition coefficient (Wildman–Crippen LogP) is 0.671. The van der Waals surface area contributed by atoms with Gasteiger partial charge in [0, 0.05) is 22.2 Å². The molecule has 0 fully saturated rings. The molecule has 0 saturated heterocycles. The highest BCUT2D eigenvalue weighted by Gasteiger charge is 2.27. The Kier molecular flexibility index (Phi) is 5.98. The van der Waals surface area contributed by atoms with Crippen molar-refractivity contribution in [2.24, 2.45) is 0 Å². The number of halogens is 2. The Morgan fingerprint density at radius 2 is 1.91 bits per heavy atom. The SMILES string of the molecule is CCC1=[N+](CC(=O)c2ccc(Br)cc2)CCn2c(C)ccc21.[Br-]. The molecule has 2 heterocycles. The van der Waals surface area contributed by atoms with Crippen LogP contribution < -0.4 is 17.0 Å². The molecule has 1 aliphatic rings. The number of Topliss-reactive ketones (excluding diaryl/α,β-unsaturated/α-hetero) is 1. The standard InChI is InChI=1S/C18H20BrN2O.BrH/c1-3-16-17-9-4-13(2)21(17)11-10-20(16)12-18(22)14-5-7-15(19)8-6-14;/h4-9H,3,10-12H2,1-2H3;1H/q+1;/p-1. The number of ketones is 1. The number of hydrogen-bond donors (Lipinski definition) is 0. The van der Waals surface area contributed by atoms with Crippen LogP contribution >= 0.6 is 15.9 Å². The van der Waals surface area contributed by atoms with Crippen LogP contribution in [0.1, 0.15) is 35.1 Å². The molecule has 122 valence electrons. The van der Waals surface area contributed by atoms with Crippen molar-refractivity contribution in [1.29, 1.82) is 0 Å². The average Bonchev–Trinajstić information content (AvgIpc) is 2.89. The van der Waals surface area contributed by atoms with Gasteiger partial charge in [-0.15, -0.1) is 0 Å². The van der Waals surface area contributed by atoms with Gasteiger partial charge in [0.2, 0.25) is 12.3 Å². The van der Waals surface area contributed by atoms with Crippen LogP contribution in [0.3, 0.4) is 0 Å². The first-order valence-electron chi connectivity index (χ1n) is 7.66. The zero-order chi connectivity index (χ0) is 15.7. The maximum Gasteiger partial charge on any atom is 0.227 e. The summed E-state index contributed by atoms with van der Waals surface area (Å²) in [7, 11) is 0. The second kappa shape index (κ2) is 7.58. The van der Waals surface area contributed by atoms with Crippen molar-refractivity contribution >= 4 is 27.4 Å². The molecule has 0 aliphatic carbocycles. The molecule has 3 nitrogen and oxygen atoms in total. The van der Waals surface area contributed by atoms with Gasteiger partial charge in [-0.25, -0.2) is 4.58 Å². The molecule has 1 aliphatic heterocycles. The molecule has 0 bridgehead atoms. The lowest BCUT2D eigenvalue weighted by atomic mass is 10.1. The van der Waals surface area contributed by atoms with Crippen molar-refractivity contribution in [3.63, 3.8) is 0 Å². The number of carbonyl (C=O) groups is 1. The second-order valence-electron chi connectivity index (χ2n) is 5.66. The van der Waals surface area contributed by atoms with Crippen LogP contribution in [0.5, 0.6) is 0 Å². The largest absolute Gasteiger partial charge is 1.00 e. The molecule has 0 atom stereocenters. The Hall–Kier alpha value is -1.20. The van der Waals surface area contributed by atoms with Crippen molar-refractivity contribution in [1.82, 2.24) is 4.57 Å². The van der Waals surface area contributed by atoms with Gasteiger partial charge in [0.25, 0.3) is 0 Å². The van der Waals surface area contributed by atoms with E-state index in [-0.39, 0.29) is 22.8 Å². The summed E-state index contributed by atoms with van der Waals surface area (Å²) in [5, 5.41) is 0. The molecule has 23 heavy (non-hydrogen) atoms. The number of benzene rings is 1. The molecule has 1 aromatic carbocycles. The van der Waals surface area contributed by atoms with Crippen molar-refractivity contribution in [2.75, 3.05) is 13.1 Å². The number of carbonyl (C=O) groups excluding carboxylic acids is 1. The van der Waals surface area contributed by atoms with Gasteiger partial charge in [-0.1, -0.05) is 35.0 Å². The third-order valence-corrected chi connectivity index (χ3v) is 4.83. The number of nitrogens with zero attached hydrogens (tertiary/aromatic N) is 2. The smallest absolute Gasteiger partial charge is 0.227 e. The van der Waals surface area contributed by atoms with Crippen LogP contribution in [0.2, 0.25) is 0 Å². The highest BCUT2D eigenvalue weighted by molar-refractivity contribution is 9.10. The van der Waals surface area contributed by atoms with Gasteiger partial charge >= 0.3 is 0 Å². The molecule has 3 rings (SSSR count). The topological polar surface area (TPSA) is 25.0 Å². The molecule has 0 N–H and O–H groups in total. The lowest BCUT2D eigenvalue weighted by molar-refractivity contribution is -0.519. The zero-order valence-corrected chi connectivity index (χ0v) is 16.5. The normalized spacial score (nSPS) is 13.5.